The molecule has 120 valence electrons. The first-order valence-electron chi connectivity index (χ1n) is 7.40. The monoisotopic (exact) mass is 338 g/mol. The second-order valence-corrected chi connectivity index (χ2v) is 5.54. The zero-order valence-electron chi connectivity index (χ0n) is 12.8. The third-order valence-electron chi connectivity index (χ3n) is 3.38. The van der Waals surface area contributed by atoms with E-state index in [0.29, 0.717) is 10.8 Å². The molecule has 3 aromatic carbocycles. The Bertz CT molecular complexity index is 888. The van der Waals surface area contributed by atoms with Crippen LogP contribution >= 0.6 is 11.6 Å². The van der Waals surface area contributed by atoms with Crippen molar-refractivity contribution in [2.75, 3.05) is 6.61 Å². The molecule has 0 aliphatic carbocycles. The Morgan fingerprint density at radius 2 is 1.88 bits per heavy atom. The third kappa shape index (κ3) is 4.12. The van der Waals surface area contributed by atoms with Gasteiger partial charge in [-0.25, -0.2) is 5.43 Å². The third-order valence-corrected chi connectivity index (χ3v) is 3.62. The molecule has 1 N–H and O–H groups in total. The molecule has 1 amide bonds. The van der Waals surface area contributed by atoms with Crippen LogP contribution in [0.15, 0.2) is 71.8 Å². The van der Waals surface area contributed by atoms with Crippen molar-refractivity contribution in [1.82, 2.24) is 5.43 Å². The summed E-state index contributed by atoms with van der Waals surface area (Å²) >= 11 is 5.86. The standard InChI is InChI=1S/C19H15ClN2O2/c20-16-8-4-9-17(11-16)24-13-19(23)22-21-12-15-7-3-6-14-5-1-2-10-18(14)15/h1-12H,13H2,(H,22,23)/b21-12+. The van der Waals surface area contributed by atoms with Crippen LogP contribution in [0.4, 0.5) is 0 Å². The van der Waals surface area contributed by atoms with Gasteiger partial charge in [0.05, 0.1) is 6.21 Å². The van der Waals surface area contributed by atoms with E-state index in [-0.39, 0.29) is 12.5 Å². The maximum Gasteiger partial charge on any atom is 0.277 e. The molecular formula is C19H15ClN2O2. The van der Waals surface area contributed by atoms with Gasteiger partial charge in [0.1, 0.15) is 5.75 Å². The number of fused-ring (bicyclic) bond motifs is 1. The number of amides is 1. The van der Waals surface area contributed by atoms with E-state index in [1.807, 2.05) is 42.5 Å². The molecule has 0 aromatic heterocycles. The number of carbonyl (C=O) groups is 1. The minimum Gasteiger partial charge on any atom is -0.484 e. The highest BCUT2D eigenvalue weighted by Gasteiger charge is 2.02. The number of benzene rings is 3. The summed E-state index contributed by atoms with van der Waals surface area (Å²) in [5.41, 5.74) is 3.39. The molecule has 0 spiro atoms. The highest BCUT2D eigenvalue weighted by atomic mass is 35.5. The first-order valence-corrected chi connectivity index (χ1v) is 7.78. The molecule has 0 fully saturated rings. The fourth-order valence-electron chi connectivity index (χ4n) is 2.27. The van der Waals surface area contributed by atoms with E-state index in [9.17, 15) is 4.79 Å². The molecule has 0 radical (unpaired) electrons. The summed E-state index contributed by atoms with van der Waals surface area (Å²) in [6, 6.07) is 20.8. The van der Waals surface area contributed by atoms with Crippen LogP contribution in [-0.4, -0.2) is 18.7 Å². The van der Waals surface area contributed by atoms with E-state index in [4.69, 9.17) is 16.3 Å². The van der Waals surface area contributed by atoms with Crippen LogP contribution < -0.4 is 10.2 Å². The first kappa shape index (κ1) is 16.0. The van der Waals surface area contributed by atoms with Crippen molar-refractivity contribution in [2.45, 2.75) is 0 Å². The lowest BCUT2D eigenvalue weighted by Gasteiger charge is -2.05. The van der Waals surface area contributed by atoms with Crippen molar-refractivity contribution >= 4 is 34.5 Å². The summed E-state index contributed by atoms with van der Waals surface area (Å²) in [6.07, 6.45) is 1.62. The van der Waals surface area contributed by atoms with Crippen LogP contribution in [-0.2, 0) is 4.79 Å². The van der Waals surface area contributed by atoms with Crippen LogP contribution in [0.25, 0.3) is 10.8 Å². The fraction of sp³-hybridized carbons (Fsp3) is 0.0526. The maximum atomic E-state index is 11.8. The summed E-state index contributed by atoms with van der Waals surface area (Å²) in [5.74, 6) is 0.196. The van der Waals surface area contributed by atoms with Gasteiger partial charge < -0.3 is 4.74 Å². The van der Waals surface area contributed by atoms with Crippen LogP contribution in [0.1, 0.15) is 5.56 Å². The Hall–Kier alpha value is -2.85. The van der Waals surface area contributed by atoms with Crippen LogP contribution in [0, 0.1) is 0 Å². The molecule has 3 rings (SSSR count). The van der Waals surface area contributed by atoms with Crippen molar-refractivity contribution in [2.24, 2.45) is 5.10 Å². The summed E-state index contributed by atoms with van der Waals surface area (Å²) < 4.78 is 5.35. The van der Waals surface area contributed by atoms with E-state index in [0.717, 1.165) is 16.3 Å². The smallest absolute Gasteiger partial charge is 0.277 e. The Kier molecular flexibility index (Phi) is 5.08. The van der Waals surface area contributed by atoms with Gasteiger partial charge in [0.25, 0.3) is 5.91 Å². The average Bonchev–Trinajstić information content (AvgIpc) is 2.60. The largest absolute Gasteiger partial charge is 0.484 e. The number of rotatable bonds is 5. The van der Waals surface area contributed by atoms with Crippen molar-refractivity contribution in [3.05, 3.63) is 77.3 Å². The number of hydrogen-bond acceptors (Lipinski definition) is 3. The Morgan fingerprint density at radius 1 is 1.08 bits per heavy atom. The van der Waals surface area contributed by atoms with Gasteiger partial charge in [-0.1, -0.05) is 60.1 Å². The number of carbonyl (C=O) groups excluding carboxylic acids is 1. The number of nitrogens with zero attached hydrogens (tertiary/aromatic N) is 1. The van der Waals surface area contributed by atoms with Gasteiger partial charge >= 0.3 is 0 Å². The maximum absolute atomic E-state index is 11.8. The van der Waals surface area contributed by atoms with Crippen molar-refractivity contribution in [3.8, 4) is 5.75 Å². The number of hydrogen-bond donors (Lipinski definition) is 1. The molecule has 3 aromatic rings. The van der Waals surface area contributed by atoms with Gasteiger partial charge in [-0.2, -0.15) is 5.10 Å². The minimum absolute atomic E-state index is 0.132. The predicted octanol–water partition coefficient (Wildman–Crippen LogP) is 4.02. The van der Waals surface area contributed by atoms with Gasteiger partial charge in [-0.05, 0) is 29.0 Å². The van der Waals surface area contributed by atoms with Crippen LogP contribution in [0.2, 0.25) is 5.02 Å². The predicted molar refractivity (Wildman–Crippen MR) is 96.6 cm³/mol. The van der Waals surface area contributed by atoms with E-state index in [1.54, 1.807) is 30.5 Å². The molecule has 0 aliphatic rings. The SMILES string of the molecule is O=C(COc1cccc(Cl)c1)N/N=C/c1cccc2ccccc12. The lowest BCUT2D eigenvalue weighted by Crippen LogP contribution is -2.24. The van der Waals surface area contributed by atoms with E-state index < -0.39 is 0 Å². The fourth-order valence-corrected chi connectivity index (χ4v) is 2.46. The molecule has 0 heterocycles. The molecule has 0 aliphatic heterocycles. The Morgan fingerprint density at radius 3 is 2.75 bits per heavy atom. The molecular weight excluding hydrogens is 324 g/mol. The first-order chi connectivity index (χ1) is 11.7. The molecule has 24 heavy (non-hydrogen) atoms. The lowest BCUT2D eigenvalue weighted by molar-refractivity contribution is -0.123. The lowest BCUT2D eigenvalue weighted by atomic mass is 10.1. The highest BCUT2D eigenvalue weighted by molar-refractivity contribution is 6.30. The zero-order chi connectivity index (χ0) is 16.8. The average molecular weight is 339 g/mol. The Labute approximate surface area is 144 Å². The van der Waals surface area contributed by atoms with Crippen molar-refractivity contribution in [3.63, 3.8) is 0 Å². The summed E-state index contributed by atoms with van der Waals surface area (Å²) in [6.45, 7) is -0.132. The summed E-state index contributed by atoms with van der Waals surface area (Å²) in [7, 11) is 0. The number of hydrazone groups is 1. The number of nitrogens with one attached hydrogen (secondary N) is 1. The van der Waals surface area contributed by atoms with Crippen LogP contribution in [0.5, 0.6) is 5.75 Å². The summed E-state index contributed by atoms with van der Waals surface area (Å²) in [5, 5.41) is 6.75. The van der Waals surface area contributed by atoms with Gasteiger partial charge in [0, 0.05) is 10.6 Å². The normalized spacial score (nSPS) is 10.9. The van der Waals surface area contributed by atoms with E-state index >= 15 is 0 Å². The van der Waals surface area contributed by atoms with E-state index in [1.165, 1.54) is 0 Å². The van der Waals surface area contributed by atoms with Gasteiger partial charge in [-0.3, -0.25) is 4.79 Å². The molecule has 0 saturated heterocycles. The van der Waals surface area contributed by atoms with Crippen LogP contribution in [0.3, 0.4) is 0 Å². The molecule has 0 atom stereocenters. The molecule has 0 bridgehead atoms. The summed E-state index contributed by atoms with van der Waals surface area (Å²) in [4.78, 5) is 11.8. The second-order valence-electron chi connectivity index (χ2n) is 5.11. The van der Waals surface area contributed by atoms with Gasteiger partial charge in [0.15, 0.2) is 6.61 Å². The number of ether oxygens (including phenoxy) is 1. The second kappa shape index (κ2) is 7.62. The molecule has 0 unspecified atom stereocenters. The quantitative estimate of drug-likeness (QED) is 0.564. The van der Waals surface area contributed by atoms with Crippen molar-refractivity contribution in [1.29, 1.82) is 0 Å². The number of halogens is 1. The zero-order valence-corrected chi connectivity index (χ0v) is 13.5. The van der Waals surface area contributed by atoms with E-state index in [2.05, 4.69) is 10.5 Å². The molecule has 4 nitrogen and oxygen atoms in total. The Balaban J connectivity index is 1.58. The molecule has 5 heteroatoms. The van der Waals surface area contributed by atoms with Gasteiger partial charge in [0.2, 0.25) is 0 Å². The topological polar surface area (TPSA) is 50.7 Å². The molecule has 0 saturated carbocycles. The highest BCUT2D eigenvalue weighted by Crippen LogP contribution is 2.17. The van der Waals surface area contributed by atoms with Gasteiger partial charge in [-0.15, -0.1) is 0 Å². The van der Waals surface area contributed by atoms with Crippen molar-refractivity contribution < 1.29 is 9.53 Å². The minimum atomic E-state index is -0.341.